The summed E-state index contributed by atoms with van der Waals surface area (Å²) >= 11 is 0. The van der Waals surface area contributed by atoms with Crippen LogP contribution in [0.25, 0.3) is 16.8 Å². The molecule has 3 aromatic rings. The van der Waals surface area contributed by atoms with Crippen molar-refractivity contribution in [2.75, 3.05) is 19.1 Å². The number of nitrogens with zero attached hydrogens (tertiary/aromatic N) is 1. The van der Waals surface area contributed by atoms with Gasteiger partial charge in [-0.25, -0.2) is 14.5 Å². The van der Waals surface area contributed by atoms with Crippen LogP contribution >= 0.6 is 0 Å². The average molecular weight is 430 g/mol. The first-order valence-corrected chi connectivity index (χ1v) is 9.60. The number of imide groups is 2. The van der Waals surface area contributed by atoms with Crippen molar-refractivity contribution in [3.63, 3.8) is 0 Å². The van der Waals surface area contributed by atoms with Crippen LogP contribution in [0.5, 0.6) is 5.75 Å². The molecule has 1 aliphatic heterocycles. The molecule has 32 heavy (non-hydrogen) atoms. The Morgan fingerprint density at radius 2 is 1.66 bits per heavy atom. The molecule has 0 aromatic heterocycles. The van der Waals surface area contributed by atoms with Gasteiger partial charge in [-0.1, -0.05) is 30.3 Å². The third kappa shape index (κ3) is 3.58. The number of esters is 1. The van der Waals surface area contributed by atoms with Gasteiger partial charge in [0.1, 0.15) is 11.3 Å². The molecule has 0 spiro atoms. The second-order valence-corrected chi connectivity index (χ2v) is 6.90. The van der Waals surface area contributed by atoms with E-state index in [1.807, 2.05) is 30.3 Å². The van der Waals surface area contributed by atoms with Crippen molar-refractivity contribution < 1.29 is 28.7 Å². The monoisotopic (exact) mass is 430 g/mol. The maximum Gasteiger partial charge on any atom is 0.337 e. The molecule has 3 aromatic carbocycles. The zero-order valence-corrected chi connectivity index (χ0v) is 17.2. The summed E-state index contributed by atoms with van der Waals surface area (Å²) in [6.07, 6.45) is 1.42. The number of methoxy groups -OCH3 is 2. The molecule has 0 atom stereocenters. The van der Waals surface area contributed by atoms with Gasteiger partial charge in [-0.3, -0.25) is 14.9 Å². The van der Waals surface area contributed by atoms with Crippen LogP contribution in [0.1, 0.15) is 15.9 Å². The van der Waals surface area contributed by atoms with Crippen LogP contribution in [-0.4, -0.2) is 38.0 Å². The summed E-state index contributed by atoms with van der Waals surface area (Å²) in [5.74, 6) is -1.68. The standard InChI is InChI=1S/C24H18N2O6/c1-31-20-12-9-14-5-3-4-6-17(14)18(20)13-19-21(27)25-24(30)26(22(19)28)16-10-7-15(8-11-16)23(29)32-2/h3-13H,1-2H3,(H,25,27,30)/b19-13+. The van der Waals surface area contributed by atoms with E-state index in [1.54, 1.807) is 6.07 Å². The molecule has 1 aliphatic rings. The minimum atomic E-state index is -0.882. The van der Waals surface area contributed by atoms with Gasteiger partial charge in [-0.2, -0.15) is 0 Å². The van der Waals surface area contributed by atoms with Crippen molar-refractivity contribution in [1.29, 1.82) is 0 Å². The number of rotatable bonds is 4. The number of benzene rings is 3. The Bertz CT molecular complexity index is 1290. The fraction of sp³-hybridized carbons (Fsp3) is 0.0833. The number of amides is 4. The summed E-state index contributed by atoms with van der Waals surface area (Å²) in [6.45, 7) is 0. The lowest BCUT2D eigenvalue weighted by molar-refractivity contribution is -0.122. The number of carbonyl (C=O) groups excluding carboxylic acids is 4. The number of carbonyl (C=O) groups is 4. The molecule has 0 aliphatic carbocycles. The van der Waals surface area contributed by atoms with Gasteiger partial charge in [0.15, 0.2) is 0 Å². The SMILES string of the molecule is COC(=O)c1ccc(N2C(=O)NC(=O)/C(=C\c3c(OC)ccc4ccccc34)C2=O)cc1. The molecule has 8 nitrogen and oxygen atoms in total. The molecular weight excluding hydrogens is 412 g/mol. The van der Waals surface area contributed by atoms with E-state index in [-0.39, 0.29) is 16.8 Å². The molecule has 0 bridgehead atoms. The van der Waals surface area contributed by atoms with E-state index in [9.17, 15) is 19.2 Å². The summed E-state index contributed by atoms with van der Waals surface area (Å²) in [6, 6.07) is 15.9. The lowest BCUT2D eigenvalue weighted by atomic mass is 9.99. The third-order valence-electron chi connectivity index (χ3n) is 5.09. The fourth-order valence-corrected chi connectivity index (χ4v) is 3.50. The molecule has 4 amide bonds. The van der Waals surface area contributed by atoms with E-state index in [2.05, 4.69) is 10.1 Å². The van der Waals surface area contributed by atoms with Gasteiger partial charge in [0.05, 0.1) is 25.5 Å². The highest BCUT2D eigenvalue weighted by Gasteiger charge is 2.37. The van der Waals surface area contributed by atoms with Gasteiger partial charge >= 0.3 is 12.0 Å². The Kier molecular flexibility index (Phi) is 5.43. The zero-order chi connectivity index (χ0) is 22.8. The average Bonchev–Trinajstić information content (AvgIpc) is 2.81. The number of nitrogens with one attached hydrogen (secondary N) is 1. The summed E-state index contributed by atoms with van der Waals surface area (Å²) in [5.41, 5.74) is 0.771. The summed E-state index contributed by atoms with van der Waals surface area (Å²) < 4.78 is 10.1. The smallest absolute Gasteiger partial charge is 0.337 e. The number of fused-ring (bicyclic) bond motifs is 1. The van der Waals surface area contributed by atoms with E-state index in [0.29, 0.717) is 11.3 Å². The third-order valence-corrected chi connectivity index (χ3v) is 5.09. The number of anilines is 1. The normalized spacial score (nSPS) is 15.1. The van der Waals surface area contributed by atoms with Crippen LogP contribution in [0.3, 0.4) is 0 Å². The van der Waals surface area contributed by atoms with Crippen molar-refractivity contribution >= 4 is 46.4 Å². The van der Waals surface area contributed by atoms with Crippen LogP contribution in [0, 0.1) is 0 Å². The topological polar surface area (TPSA) is 102 Å². The molecule has 0 radical (unpaired) electrons. The van der Waals surface area contributed by atoms with Crippen LogP contribution in [-0.2, 0) is 14.3 Å². The second-order valence-electron chi connectivity index (χ2n) is 6.90. The van der Waals surface area contributed by atoms with Crippen LogP contribution in [0.2, 0.25) is 0 Å². The highest BCUT2D eigenvalue weighted by molar-refractivity contribution is 6.39. The van der Waals surface area contributed by atoms with Crippen molar-refractivity contribution in [1.82, 2.24) is 5.32 Å². The fourth-order valence-electron chi connectivity index (χ4n) is 3.50. The minimum Gasteiger partial charge on any atom is -0.496 e. The molecule has 0 saturated carbocycles. The Morgan fingerprint density at radius 1 is 0.938 bits per heavy atom. The number of urea groups is 1. The zero-order valence-electron chi connectivity index (χ0n) is 17.2. The molecule has 160 valence electrons. The maximum absolute atomic E-state index is 13.2. The van der Waals surface area contributed by atoms with Crippen molar-refractivity contribution in [3.05, 3.63) is 77.4 Å². The van der Waals surface area contributed by atoms with Gasteiger partial charge in [0.25, 0.3) is 11.8 Å². The predicted octanol–water partition coefficient (Wildman–Crippen LogP) is 3.30. The molecular formula is C24H18N2O6. The van der Waals surface area contributed by atoms with Gasteiger partial charge in [0.2, 0.25) is 0 Å². The molecule has 4 rings (SSSR count). The van der Waals surface area contributed by atoms with Gasteiger partial charge in [-0.15, -0.1) is 0 Å². The van der Waals surface area contributed by atoms with E-state index < -0.39 is 23.8 Å². The molecule has 1 heterocycles. The predicted molar refractivity (Wildman–Crippen MR) is 117 cm³/mol. The van der Waals surface area contributed by atoms with Gasteiger partial charge in [-0.05, 0) is 47.2 Å². The molecule has 1 fully saturated rings. The van der Waals surface area contributed by atoms with Crippen LogP contribution in [0.4, 0.5) is 10.5 Å². The number of hydrogen-bond acceptors (Lipinski definition) is 6. The Hall–Kier alpha value is -4.46. The molecule has 8 heteroatoms. The highest BCUT2D eigenvalue weighted by atomic mass is 16.5. The molecule has 1 N–H and O–H groups in total. The quantitative estimate of drug-likeness (QED) is 0.387. The van der Waals surface area contributed by atoms with Crippen molar-refractivity contribution in [2.45, 2.75) is 0 Å². The summed E-state index contributed by atoms with van der Waals surface area (Å²) in [7, 11) is 2.75. The first-order valence-electron chi connectivity index (χ1n) is 9.60. The van der Waals surface area contributed by atoms with E-state index in [0.717, 1.165) is 15.7 Å². The Balaban J connectivity index is 1.79. The minimum absolute atomic E-state index is 0.198. The van der Waals surface area contributed by atoms with Crippen LogP contribution in [0.15, 0.2) is 66.2 Å². The maximum atomic E-state index is 13.2. The van der Waals surface area contributed by atoms with Crippen molar-refractivity contribution in [2.24, 2.45) is 0 Å². The summed E-state index contributed by atoms with van der Waals surface area (Å²) in [5, 5.41) is 3.87. The van der Waals surface area contributed by atoms with Gasteiger partial charge in [0, 0.05) is 5.56 Å². The lowest BCUT2D eigenvalue weighted by Gasteiger charge is -2.26. The first kappa shape index (κ1) is 20.8. The number of barbiturate groups is 1. The Labute approximate surface area is 183 Å². The van der Waals surface area contributed by atoms with E-state index >= 15 is 0 Å². The Morgan fingerprint density at radius 3 is 2.34 bits per heavy atom. The van der Waals surface area contributed by atoms with Crippen molar-refractivity contribution in [3.8, 4) is 5.75 Å². The second kappa shape index (κ2) is 8.35. The highest BCUT2D eigenvalue weighted by Crippen LogP contribution is 2.31. The molecule has 0 unspecified atom stereocenters. The van der Waals surface area contributed by atoms with E-state index in [4.69, 9.17) is 4.74 Å². The van der Waals surface area contributed by atoms with E-state index in [1.165, 1.54) is 44.6 Å². The lowest BCUT2D eigenvalue weighted by Crippen LogP contribution is -2.54. The van der Waals surface area contributed by atoms with Gasteiger partial charge < -0.3 is 9.47 Å². The van der Waals surface area contributed by atoms with Crippen LogP contribution < -0.4 is 15.0 Å². The molecule has 1 saturated heterocycles. The first-order chi connectivity index (χ1) is 15.4. The number of hydrogen-bond donors (Lipinski definition) is 1. The summed E-state index contributed by atoms with van der Waals surface area (Å²) in [4.78, 5) is 50.7. The largest absolute Gasteiger partial charge is 0.496 e. The number of ether oxygens (including phenoxy) is 2.